The fraction of sp³-hybridized carbons (Fsp3) is 0.562. The van der Waals surface area contributed by atoms with Gasteiger partial charge in [0.25, 0.3) is 0 Å². The van der Waals surface area contributed by atoms with Crippen molar-refractivity contribution in [2.24, 2.45) is 5.41 Å². The third kappa shape index (κ3) is 8.11. The zero-order valence-corrected chi connectivity index (χ0v) is 28.1. The first-order chi connectivity index (χ1) is 20.2. The molecule has 1 N–H and O–H groups in total. The standard InChI is InChI=1S/C32H44Cl2N4O4S/c1-22(15-17-37(5)43(41,42)27-13-14-27)38-30(23-9-11-25(33)12-10-23)28(24-7-6-8-26(34)19-24)20-32(2,31(38)40)21-29(39)35-16-18-36(3)4/h6-12,19,22,27-28,30H,13-18,20-21H2,1-5H3,(H,35,39)/t22-,28+,30+,32+/m0/s1. The highest BCUT2D eigenvalue weighted by Gasteiger charge is 2.52. The minimum absolute atomic E-state index is 0.0445. The van der Waals surface area contributed by atoms with E-state index in [1.54, 1.807) is 7.05 Å². The highest BCUT2D eigenvalue weighted by atomic mass is 35.5. The van der Waals surface area contributed by atoms with Gasteiger partial charge in [-0.25, -0.2) is 12.7 Å². The van der Waals surface area contributed by atoms with Crippen LogP contribution < -0.4 is 5.32 Å². The zero-order chi connectivity index (χ0) is 31.5. The van der Waals surface area contributed by atoms with Gasteiger partial charge in [0.1, 0.15) is 0 Å². The topological polar surface area (TPSA) is 90.0 Å². The van der Waals surface area contributed by atoms with Crippen LogP contribution in [0, 0.1) is 5.41 Å². The Balaban J connectivity index is 1.72. The Morgan fingerprint density at radius 3 is 2.33 bits per heavy atom. The maximum Gasteiger partial charge on any atom is 0.229 e. The van der Waals surface area contributed by atoms with E-state index < -0.39 is 15.4 Å². The lowest BCUT2D eigenvalue weighted by Gasteiger charge is -2.51. The average Bonchev–Trinajstić information content (AvgIpc) is 3.79. The van der Waals surface area contributed by atoms with Crippen molar-refractivity contribution < 1.29 is 18.0 Å². The fourth-order valence-corrected chi connectivity index (χ4v) is 8.05. The zero-order valence-electron chi connectivity index (χ0n) is 25.7. The van der Waals surface area contributed by atoms with Crippen molar-refractivity contribution >= 4 is 45.0 Å². The first-order valence-corrected chi connectivity index (χ1v) is 17.2. The molecule has 43 heavy (non-hydrogen) atoms. The normalized spacial score (nSPS) is 23.6. The number of halogens is 2. The smallest absolute Gasteiger partial charge is 0.229 e. The Bertz CT molecular complexity index is 1400. The molecule has 236 valence electrons. The Hall–Kier alpha value is -2.17. The predicted molar refractivity (Wildman–Crippen MR) is 173 cm³/mol. The maximum absolute atomic E-state index is 14.6. The summed E-state index contributed by atoms with van der Waals surface area (Å²) >= 11 is 12.7. The Morgan fingerprint density at radius 2 is 1.72 bits per heavy atom. The van der Waals surface area contributed by atoms with Gasteiger partial charge in [-0.2, -0.15) is 0 Å². The van der Waals surface area contributed by atoms with E-state index in [-0.39, 0.29) is 41.5 Å². The van der Waals surface area contributed by atoms with Gasteiger partial charge in [-0.05, 0) is 82.1 Å². The van der Waals surface area contributed by atoms with Gasteiger partial charge in [0.05, 0.1) is 16.7 Å². The van der Waals surface area contributed by atoms with Crippen molar-refractivity contribution in [3.63, 3.8) is 0 Å². The van der Waals surface area contributed by atoms with Crippen LogP contribution in [-0.4, -0.2) is 86.4 Å². The van der Waals surface area contributed by atoms with E-state index in [0.29, 0.717) is 55.4 Å². The molecule has 1 aliphatic heterocycles. The number of amides is 2. The average molecular weight is 652 g/mol. The maximum atomic E-state index is 14.6. The van der Waals surface area contributed by atoms with E-state index in [2.05, 4.69) is 5.32 Å². The van der Waals surface area contributed by atoms with Gasteiger partial charge in [0, 0.05) is 55.1 Å². The molecule has 2 fully saturated rings. The van der Waals surface area contributed by atoms with Crippen LogP contribution in [-0.2, 0) is 19.6 Å². The summed E-state index contributed by atoms with van der Waals surface area (Å²) in [6.07, 6.45) is 2.33. The minimum Gasteiger partial charge on any atom is -0.355 e. The lowest BCUT2D eigenvalue weighted by Crippen LogP contribution is -2.56. The Labute approximate surface area is 266 Å². The van der Waals surface area contributed by atoms with Crippen molar-refractivity contribution in [1.82, 2.24) is 19.4 Å². The van der Waals surface area contributed by atoms with Crippen molar-refractivity contribution in [3.8, 4) is 0 Å². The number of carbonyl (C=O) groups is 2. The van der Waals surface area contributed by atoms with Crippen LogP contribution in [0.1, 0.15) is 69.0 Å². The van der Waals surface area contributed by atoms with Gasteiger partial charge in [-0.1, -0.05) is 54.4 Å². The number of nitrogens with one attached hydrogen (secondary N) is 1. The number of rotatable bonds is 13. The molecule has 0 bridgehead atoms. The monoisotopic (exact) mass is 650 g/mol. The van der Waals surface area contributed by atoms with Gasteiger partial charge < -0.3 is 15.1 Å². The highest BCUT2D eigenvalue weighted by molar-refractivity contribution is 7.90. The van der Waals surface area contributed by atoms with Crippen molar-refractivity contribution in [1.29, 1.82) is 0 Å². The second kappa shape index (κ2) is 13.9. The lowest BCUT2D eigenvalue weighted by atomic mass is 9.67. The molecular formula is C32H44Cl2N4O4S. The summed E-state index contributed by atoms with van der Waals surface area (Å²) in [5.74, 6) is -0.462. The Kier molecular flexibility index (Phi) is 10.9. The van der Waals surface area contributed by atoms with Gasteiger partial charge >= 0.3 is 0 Å². The number of likely N-dealkylation sites (N-methyl/N-ethyl adjacent to an activating group) is 1. The summed E-state index contributed by atoms with van der Waals surface area (Å²) in [7, 11) is 2.16. The van der Waals surface area contributed by atoms with Crippen LogP contribution in [0.4, 0.5) is 0 Å². The van der Waals surface area contributed by atoms with Gasteiger partial charge in [-0.3, -0.25) is 9.59 Å². The minimum atomic E-state index is -3.34. The lowest BCUT2D eigenvalue weighted by molar-refractivity contribution is -0.157. The molecule has 2 aromatic rings. The van der Waals surface area contributed by atoms with E-state index in [4.69, 9.17) is 23.2 Å². The molecule has 4 atom stereocenters. The quantitative estimate of drug-likeness (QED) is 0.317. The van der Waals surface area contributed by atoms with Crippen LogP contribution in [0.3, 0.4) is 0 Å². The van der Waals surface area contributed by atoms with Crippen molar-refractivity contribution in [3.05, 3.63) is 69.7 Å². The first kappa shape index (κ1) is 33.7. The molecule has 1 heterocycles. The van der Waals surface area contributed by atoms with E-state index in [0.717, 1.165) is 11.1 Å². The van der Waals surface area contributed by atoms with Crippen molar-refractivity contribution in [2.45, 2.75) is 69.2 Å². The summed E-state index contributed by atoms with van der Waals surface area (Å²) in [4.78, 5) is 31.7. The summed E-state index contributed by atoms with van der Waals surface area (Å²) in [6, 6.07) is 14.5. The first-order valence-electron chi connectivity index (χ1n) is 14.9. The number of piperidine rings is 1. The molecule has 0 aromatic heterocycles. The van der Waals surface area contributed by atoms with Crippen LogP contribution >= 0.6 is 23.2 Å². The van der Waals surface area contributed by atoms with Crippen LogP contribution in [0.15, 0.2) is 48.5 Å². The predicted octanol–water partition coefficient (Wildman–Crippen LogP) is 5.33. The number of hydrogen-bond acceptors (Lipinski definition) is 5. The number of nitrogens with zero attached hydrogens (tertiary/aromatic N) is 3. The van der Waals surface area contributed by atoms with Gasteiger partial charge in [-0.15, -0.1) is 0 Å². The van der Waals surface area contributed by atoms with Crippen LogP contribution in [0.25, 0.3) is 0 Å². The van der Waals surface area contributed by atoms with Crippen LogP contribution in [0.5, 0.6) is 0 Å². The largest absolute Gasteiger partial charge is 0.355 e. The molecule has 8 nitrogen and oxygen atoms in total. The van der Waals surface area contributed by atoms with E-state index >= 15 is 0 Å². The molecule has 11 heteroatoms. The second-order valence-electron chi connectivity index (χ2n) is 12.7. The van der Waals surface area contributed by atoms with E-state index in [9.17, 15) is 18.0 Å². The molecule has 0 unspecified atom stereocenters. The summed E-state index contributed by atoms with van der Waals surface area (Å²) < 4.78 is 27.1. The SMILES string of the molecule is C[C@@H](CCN(C)S(=O)(=O)C1CC1)N1C(=O)[C@@](C)(CC(=O)NCCN(C)C)C[C@H](c2cccc(Cl)c2)[C@H]1c1ccc(Cl)cc1. The molecule has 2 amide bonds. The molecule has 0 radical (unpaired) electrons. The third-order valence-electron chi connectivity index (χ3n) is 8.74. The molecule has 1 saturated heterocycles. The van der Waals surface area contributed by atoms with Crippen LogP contribution in [0.2, 0.25) is 10.0 Å². The summed E-state index contributed by atoms with van der Waals surface area (Å²) in [6.45, 7) is 5.32. The summed E-state index contributed by atoms with van der Waals surface area (Å²) in [5, 5.41) is 3.87. The molecular weight excluding hydrogens is 607 g/mol. The molecule has 2 aliphatic rings. The number of benzene rings is 2. The fourth-order valence-electron chi connectivity index (χ4n) is 6.12. The van der Waals surface area contributed by atoms with E-state index in [1.165, 1.54) is 4.31 Å². The van der Waals surface area contributed by atoms with Crippen molar-refractivity contribution in [2.75, 3.05) is 40.8 Å². The molecule has 4 rings (SSSR count). The molecule has 0 spiro atoms. The highest BCUT2D eigenvalue weighted by Crippen LogP contribution is 2.52. The third-order valence-corrected chi connectivity index (χ3v) is 11.6. The number of hydrogen-bond donors (Lipinski definition) is 1. The van der Waals surface area contributed by atoms with E-state index in [1.807, 2.05) is 86.3 Å². The second-order valence-corrected chi connectivity index (χ2v) is 15.9. The Morgan fingerprint density at radius 1 is 1.05 bits per heavy atom. The molecule has 1 saturated carbocycles. The number of carbonyl (C=O) groups excluding carboxylic acids is 2. The molecule has 2 aromatic carbocycles. The summed E-state index contributed by atoms with van der Waals surface area (Å²) in [5.41, 5.74) is 0.911. The number of sulfonamides is 1. The van der Waals surface area contributed by atoms with Gasteiger partial charge in [0.15, 0.2) is 0 Å². The number of likely N-dealkylation sites (tertiary alicyclic amines) is 1. The molecule has 1 aliphatic carbocycles. The van der Waals surface area contributed by atoms with Gasteiger partial charge in [0.2, 0.25) is 21.8 Å².